The first-order valence-electron chi connectivity index (χ1n) is 8.47. The summed E-state index contributed by atoms with van der Waals surface area (Å²) >= 11 is 0. The van der Waals surface area contributed by atoms with Crippen LogP contribution in [0.5, 0.6) is 5.75 Å². The summed E-state index contributed by atoms with van der Waals surface area (Å²) in [5, 5.41) is 2.72. The van der Waals surface area contributed by atoms with Crippen LogP contribution < -0.4 is 10.1 Å². The van der Waals surface area contributed by atoms with Gasteiger partial charge in [0.2, 0.25) is 5.91 Å². The molecule has 5 heteroatoms. The quantitative estimate of drug-likeness (QED) is 0.427. The summed E-state index contributed by atoms with van der Waals surface area (Å²) in [5.74, 6) is 0.307. The van der Waals surface area contributed by atoms with Crippen LogP contribution in [0.4, 0.5) is 0 Å². The molecule has 0 heterocycles. The molecule has 0 saturated heterocycles. The van der Waals surface area contributed by atoms with E-state index in [4.69, 9.17) is 4.74 Å². The molecule has 0 radical (unpaired) electrons. The summed E-state index contributed by atoms with van der Waals surface area (Å²) in [5.41, 5.74) is 2.02. The second kappa shape index (κ2) is 10.7. The van der Waals surface area contributed by atoms with Gasteiger partial charge in [-0.15, -0.1) is 0 Å². The van der Waals surface area contributed by atoms with Crippen molar-refractivity contribution in [2.24, 2.45) is 0 Å². The van der Waals surface area contributed by atoms with Crippen LogP contribution in [-0.4, -0.2) is 25.5 Å². The molecule has 0 fully saturated rings. The van der Waals surface area contributed by atoms with E-state index >= 15 is 0 Å². The lowest BCUT2D eigenvalue weighted by molar-refractivity contribution is -0.140. The van der Waals surface area contributed by atoms with E-state index in [0.717, 1.165) is 16.9 Å². The molecular weight excluding hydrogens is 330 g/mol. The van der Waals surface area contributed by atoms with E-state index in [1.165, 1.54) is 13.2 Å². The van der Waals surface area contributed by atoms with E-state index in [0.29, 0.717) is 26.0 Å². The molecule has 0 bridgehead atoms. The molecule has 0 aliphatic heterocycles. The van der Waals surface area contributed by atoms with Crippen molar-refractivity contribution in [2.45, 2.75) is 19.4 Å². The Hall–Kier alpha value is -3.08. The molecule has 2 rings (SSSR count). The number of amides is 1. The van der Waals surface area contributed by atoms with Crippen molar-refractivity contribution in [3.8, 4) is 5.75 Å². The number of nitrogens with one attached hydrogen (secondary N) is 1. The lowest BCUT2D eigenvalue weighted by atomic mass is 10.2. The lowest BCUT2D eigenvalue weighted by Gasteiger charge is -2.06. The molecule has 0 spiro atoms. The molecule has 0 aromatic heterocycles. The minimum atomic E-state index is -0.274. The third-order valence-electron chi connectivity index (χ3n) is 3.64. The first-order chi connectivity index (χ1) is 12.7. The lowest BCUT2D eigenvalue weighted by Crippen LogP contribution is -2.22. The maximum atomic E-state index is 11.7. The van der Waals surface area contributed by atoms with Gasteiger partial charge in [-0.25, -0.2) is 0 Å². The Morgan fingerprint density at radius 1 is 1.04 bits per heavy atom. The maximum absolute atomic E-state index is 11.7. The molecule has 1 amide bonds. The van der Waals surface area contributed by atoms with Gasteiger partial charge in [-0.2, -0.15) is 0 Å². The highest BCUT2D eigenvalue weighted by Gasteiger charge is 2.01. The average molecular weight is 353 g/mol. The molecule has 0 aliphatic rings. The molecule has 0 aliphatic carbocycles. The Balaban J connectivity index is 1.72. The zero-order chi connectivity index (χ0) is 18.6. The van der Waals surface area contributed by atoms with Crippen LogP contribution in [0.1, 0.15) is 24.0 Å². The molecule has 0 unspecified atom stereocenters. The molecule has 136 valence electrons. The van der Waals surface area contributed by atoms with Crippen LogP contribution >= 0.6 is 0 Å². The number of ether oxygens (including phenoxy) is 2. The zero-order valence-electron chi connectivity index (χ0n) is 14.8. The highest BCUT2D eigenvalue weighted by molar-refractivity contribution is 5.91. The summed E-state index contributed by atoms with van der Waals surface area (Å²) in [7, 11) is 1.35. The van der Waals surface area contributed by atoms with Gasteiger partial charge in [0.25, 0.3) is 0 Å². The number of carbonyl (C=O) groups excluding carboxylic acids is 2. The average Bonchev–Trinajstić information content (AvgIpc) is 2.69. The smallest absolute Gasteiger partial charge is 0.305 e. The normalized spacial score (nSPS) is 10.5. The fourth-order valence-corrected chi connectivity index (χ4v) is 2.19. The Morgan fingerprint density at radius 2 is 1.77 bits per heavy atom. The SMILES string of the molecule is COC(=O)CCCNC(=O)/C=C/c1ccc(OCc2ccccc2)cc1. The Labute approximate surface area is 153 Å². The first-order valence-corrected chi connectivity index (χ1v) is 8.47. The molecule has 2 aromatic rings. The zero-order valence-corrected chi connectivity index (χ0v) is 14.8. The minimum absolute atomic E-state index is 0.195. The van der Waals surface area contributed by atoms with Crippen molar-refractivity contribution < 1.29 is 19.1 Å². The van der Waals surface area contributed by atoms with Gasteiger partial charge in [-0.05, 0) is 35.8 Å². The van der Waals surface area contributed by atoms with Gasteiger partial charge in [0, 0.05) is 19.0 Å². The summed E-state index contributed by atoms with van der Waals surface area (Å²) in [6.07, 6.45) is 4.05. The van der Waals surface area contributed by atoms with Crippen molar-refractivity contribution in [2.75, 3.05) is 13.7 Å². The fourth-order valence-electron chi connectivity index (χ4n) is 2.19. The van der Waals surface area contributed by atoms with Crippen molar-refractivity contribution in [3.05, 3.63) is 71.8 Å². The highest BCUT2D eigenvalue weighted by Crippen LogP contribution is 2.15. The number of methoxy groups -OCH3 is 1. The first kappa shape index (κ1) is 19.2. The second-order valence-corrected chi connectivity index (χ2v) is 5.65. The van der Waals surface area contributed by atoms with Crippen LogP contribution in [0.15, 0.2) is 60.7 Å². The van der Waals surface area contributed by atoms with E-state index in [2.05, 4.69) is 10.1 Å². The van der Waals surface area contributed by atoms with Crippen molar-refractivity contribution in [1.29, 1.82) is 0 Å². The summed E-state index contributed by atoms with van der Waals surface area (Å²) < 4.78 is 10.3. The van der Waals surface area contributed by atoms with Crippen molar-refractivity contribution >= 4 is 18.0 Å². The standard InChI is InChI=1S/C21H23NO4/c1-25-21(24)8-5-15-22-20(23)14-11-17-9-12-19(13-10-17)26-16-18-6-3-2-4-7-18/h2-4,6-7,9-14H,5,8,15-16H2,1H3,(H,22,23)/b14-11+. The summed E-state index contributed by atoms with van der Waals surface area (Å²) in [6.45, 7) is 0.953. The molecule has 5 nitrogen and oxygen atoms in total. The van der Waals surface area contributed by atoms with Gasteiger partial charge in [0.15, 0.2) is 0 Å². The van der Waals surface area contributed by atoms with Crippen LogP contribution in [0, 0.1) is 0 Å². The Morgan fingerprint density at radius 3 is 2.46 bits per heavy atom. The van der Waals surface area contributed by atoms with Gasteiger partial charge >= 0.3 is 5.97 Å². The molecule has 26 heavy (non-hydrogen) atoms. The monoisotopic (exact) mass is 353 g/mol. The van der Waals surface area contributed by atoms with E-state index in [1.54, 1.807) is 6.08 Å². The predicted molar refractivity (Wildman–Crippen MR) is 101 cm³/mol. The molecular formula is C21H23NO4. The number of hydrogen-bond donors (Lipinski definition) is 1. The Bertz CT molecular complexity index is 723. The Kier molecular flexibility index (Phi) is 7.93. The highest BCUT2D eigenvalue weighted by atomic mass is 16.5. The third-order valence-corrected chi connectivity index (χ3v) is 3.64. The predicted octanol–water partition coefficient (Wildman–Crippen LogP) is 3.35. The minimum Gasteiger partial charge on any atom is -0.489 e. The second-order valence-electron chi connectivity index (χ2n) is 5.65. The van der Waals surface area contributed by atoms with Gasteiger partial charge in [-0.3, -0.25) is 9.59 Å². The number of benzene rings is 2. The molecule has 1 N–H and O–H groups in total. The number of hydrogen-bond acceptors (Lipinski definition) is 4. The molecule has 0 saturated carbocycles. The van der Waals surface area contributed by atoms with Crippen molar-refractivity contribution in [3.63, 3.8) is 0 Å². The van der Waals surface area contributed by atoms with E-state index < -0.39 is 0 Å². The van der Waals surface area contributed by atoms with Crippen LogP contribution in [0.25, 0.3) is 6.08 Å². The van der Waals surface area contributed by atoms with Gasteiger partial charge in [0.1, 0.15) is 12.4 Å². The molecule has 0 atom stereocenters. The topological polar surface area (TPSA) is 64.6 Å². The van der Waals surface area contributed by atoms with Crippen LogP contribution in [0.2, 0.25) is 0 Å². The number of carbonyl (C=O) groups is 2. The van der Waals surface area contributed by atoms with Crippen LogP contribution in [-0.2, 0) is 20.9 Å². The van der Waals surface area contributed by atoms with E-state index in [-0.39, 0.29) is 11.9 Å². The largest absolute Gasteiger partial charge is 0.489 e. The van der Waals surface area contributed by atoms with Gasteiger partial charge in [-0.1, -0.05) is 42.5 Å². The maximum Gasteiger partial charge on any atom is 0.305 e. The van der Waals surface area contributed by atoms with E-state index in [1.807, 2.05) is 54.6 Å². The number of esters is 1. The summed E-state index contributed by atoms with van der Waals surface area (Å²) in [4.78, 5) is 22.7. The third kappa shape index (κ3) is 7.21. The van der Waals surface area contributed by atoms with Gasteiger partial charge < -0.3 is 14.8 Å². The van der Waals surface area contributed by atoms with Crippen LogP contribution in [0.3, 0.4) is 0 Å². The number of rotatable bonds is 9. The molecule has 2 aromatic carbocycles. The van der Waals surface area contributed by atoms with Gasteiger partial charge in [0.05, 0.1) is 7.11 Å². The summed E-state index contributed by atoms with van der Waals surface area (Å²) in [6, 6.07) is 17.5. The van der Waals surface area contributed by atoms with Crippen molar-refractivity contribution in [1.82, 2.24) is 5.32 Å². The van der Waals surface area contributed by atoms with E-state index in [9.17, 15) is 9.59 Å². The fraction of sp³-hybridized carbons (Fsp3) is 0.238.